The van der Waals surface area contributed by atoms with Crippen LogP contribution in [0.4, 0.5) is 0 Å². The summed E-state index contributed by atoms with van der Waals surface area (Å²) >= 11 is 0. The van der Waals surface area contributed by atoms with Crippen molar-refractivity contribution in [1.29, 1.82) is 0 Å². The Morgan fingerprint density at radius 1 is 0.329 bits per heavy atom. The van der Waals surface area contributed by atoms with Gasteiger partial charge in [0.2, 0.25) is 0 Å². The van der Waals surface area contributed by atoms with E-state index in [-0.39, 0.29) is 25.2 Å². The smallest absolute Gasteiger partial charge is 0.306 e. The van der Waals surface area contributed by atoms with Crippen LogP contribution >= 0.6 is 0 Å². The minimum Gasteiger partial charge on any atom is -0.462 e. The fraction of sp³-hybridized carbons (Fsp3) is 0.538. The summed E-state index contributed by atoms with van der Waals surface area (Å²) in [5.74, 6) is -0.642. The fourth-order valence-electron chi connectivity index (χ4n) is 6.93. The number of ether oxygens (including phenoxy) is 2. The van der Waals surface area contributed by atoms with Crippen LogP contribution in [0.2, 0.25) is 0 Å². The molecule has 0 spiro atoms. The number of aliphatic hydroxyl groups is 1. The van der Waals surface area contributed by atoms with Gasteiger partial charge in [0.1, 0.15) is 6.61 Å². The monoisotopic (exact) mass is 961 g/mol. The van der Waals surface area contributed by atoms with Crippen molar-refractivity contribution in [3.63, 3.8) is 0 Å². The van der Waals surface area contributed by atoms with Crippen molar-refractivity contribution in [3.8, 4) is 0 Å². The third-order valence-electron chi connectivity index (χ3n) is 11.0. The topological polar surface area (TPSA) is 72.8 Å². The summed E-state index contributed by atoms with van der Waals surface area (Å²) in [5, 5.41) is 9.63. The van der Waals surface area contributed by atoms with E-state index in [4.69, 9.17) is 9.47 Å². The van der Waals surface area contributed by atoms with Crippen LogP contribution in [0.25, 0.3) is 0 Å². The number of unbranched alkanes of at least 4 members (excludes halogenated alkanes) is 12. The van der Waals surface area contributed by atoms with Gasteiger partial charge in [-0.05, 0) is 128 Å². The molecule has 0 amide bonds. The van der Waals surface area contributed by atoms with Gasteiger partial charge in [-0.2, -0.15) is 0 Å². The highest BCUT2D eigenvalue weighted by Crippen LogP contribution is 2.13. The number of esters is 2. The molecule has 0 rings (SSSR count). The maximum atomic E-state index is 12.3. The summed E-state index contributed by atoms with van der Waals surface area (Å²) in [5.41, 5.74) is 0. The Morgan fingerprint density at radius 2 is 0.571 bits per heavy atom. The molecule has 0 aromatic heterocycles. The number of rotatable bonds is 48. The summed E-state index contributed by atoms with van der Waals surface area (Å²) < 4.78 is 10.7. The Morgan fingerprint density at radius 3 is 0.857 bits per heavy atom. The van der Waals surface area contributed by atoms with E-state index in [1.807, 2.05) is 0 Å². The van der Waals surface area contributed by atoms with Crippen LogP contribution in [-0.4, -0.2) is 36.4 Å². The van der Waals surface area contributed by atoms with Gasteiger partial charge >= 0.3 is 11.9 Å². The molecule has 0 aliphatic rings. The van der Waals surface area contributed by atoms with Crippen LogP contribution in [0.1, 0.15) is 206 Å². The van der Waals surface area contributed by atoms with E-state index >= 15 is 0 Å². The van der Waals surface area contributed by atoms with Crippen molar-refractivity contribution in [3.05, 3.63) is 170 Å². The second kappa shape index (κ2) is 58.6. The molecule has 0 aliphatic carbocycles. The molecule has 5 nitrogen and oxygen atoms in total. The van der Waals surface area contributed by atoms with E-state index in [1.54, 1.807) is 0 Å². The lowest BCUT2D eigenvalue weighted by Crippen LogP contribution is -2.28. The van der Waals surface area contributed by atoms with Crippen LogP contribution in [-0.2, 0) is 19.1 Å². The van der Waals surface area contributed by atoms with Gasteiger partial charge in [0, 0.05) is 12.8 Å². The van der Waals surface area contributed by atoms with E-state index < -0.39 is 6.10 Å². The minimum atomic E-state index is -0.800. The minimum absolute atomic E-state index is 0.0929. The molecule has 0 aromatic carbocycles. The highest BCUT2D eigenvalue weighted by Gasteiger charge is 2.16. The average molecular weight is 962 g/mol. The average Bonchev–Trinajstić information content (AvgIpc) is 3.36. The van der Waals surface area contributed by atoms with Gasteiger partial charge < -0.3 is 14.6 Å². The molecule has 1 atom stereocenters. The zero-order valence-electron chi connectivity index (χ0n) is 44.5. The number of carbonyl (C=O) groups excluding carboxylic acids is 2. The second-order valence-corrected chi connectivity index (χ2v) is 17.5. The van der Waals surface area contributed by atoms with Crippen LogP contribution in [0.3, 0.4) is 0 Å². The van der Waals surface area contributed by atoms with Gasteiger partial charge in [-0.25, -0.2) is 0 Å². The number of hydrogen-bond acceptors (Lipinski definition) is 5. The normalized spacial score (nSPS) is 13.6. The SMILES string of the molecule is CC/C=C\C/C=C\C/C=C\C/C=C\C/C=C\C/C=C\C/C=C\C/C=C\C/C=C\C/C=C\CCCCCCCCCCC(=O)OC(CO)COC(=O)CCCCCC/C=C\C/C=C\C/C=C\C/C=C\CC. The van der Waals surface area contributed by atoms with Crippen molar-refractivity contribution in [2.75, 3.05) is 13.2 Å². The molecule has 1 unspecified atom stereocenters. The van der Waals surface area contributed by atoms with Gasteiger partial charge in [-0.15, -0.1) is 0 Å². The molecule has 0 heterocycles. The van der Waals surface area contributed by atoms with Crippen molar-refractivity contribution < 1.29 is 24.2 Å². The zero-order valence-corrected chi connectivity index (χ0v) is 44.5. The Kier molecular flexibility index (Phi) is 54.6. The number of carbonyl (C=O) groups is 2. The van der Waals surface area contributed by atoms with E-state index in [2.05, 4.69) is 184 Å². The lowest BCUT2D eigenvalue weighted by atomic mass is 10.1. The maximum absolute atomic E-state index is 12.3. The summed E-state index contributed by atoms with van der Waals surface area (Å²) in [6.45, 7) is 3.87. The van der Waals surface area contributed by atoms with E-state index in [0.29, 0.717) is 12.8 Å². The van der Waals surface area contributed by atoms with Crippen LogP contribution < -0.4 is 0 Å². The first kappa shape index (κ1) is 65.3. The molecule has 0 bridgehead atoms. The van der Waals surface area contributed by atoms with Crippen molar-refractivity contribution in [2.45, 2.75) is 213 Å². The molecule has 0 saturated heterocycles. The fourth-order valence-corrected chi connectivity index (χ4v) is 6.93. The molecule has 0 aromatic rings. The second-order valence-electron chi connectivity index (χ2n) is 17.5. The highest BCUT2D eigenvalue weighted by molar-refractivity contribution is 5.70. The molecule has 5 heteroatoms. The van der Waals surface area contributed by atoms with Crippen LogP contribution in [0.15, 0.2) is 170 Å². The quantitative estimate of drug-likeness (QED) is 0.0374. The largest absolute Gasteiger partial charge is 0.462 e. The summed E-state index contributed by atoms with van der Waals surface area (Å²) in [6, 6.07) is 0. The summed E-state index contributed by atoms with van der Waals surface area (Å²) in [4.78, 5) is 24.5. The van der Waals surface area contributed by atoms with E-state index in [0.717, 1.165) is 148 Å². The number of allylic oxidation sites excluding steroid dienone is 28. The molecule has 0 radical (unpaired) electrons. The Hall–Kier alpha value is -4.74. The van der Waals surface area contributed by atoms with E-state index in [9.17, 15) is 14.7 Å². The molecule has 0 aliphatic heterocycles. The lowest BCUT2D eigenvalue weighted by Gasteiger charge is -2.15. The van der Waals surface area contributed by atoms with Crippen LogP contribution in [0.5, 0.6) is 0 Å². The van der Waals surface area contributed by atoms with Gasteiger partial charge in [0.15, 0.2) is 6.10 Å². The maximum Gasteiger partial charge on any atom is 0.306 e. The molecule has 70 heavy (non-hydrogen) atoms. The first-order valence-corrected chi connectivity index (χ1v) is 27.7. The number of hydrogen-bond donors (Lipinski definition) is 1. The Labute approximate surface area is 430 Å². The Balaban J connectivity index is 3.65. The molecular weight excluding hydrogens is 861 g/mol. The van der Waals surface area contributed by atoms with Gasteiger partial charge in [-0.1, -0.05) is 235 Å². The summed E-state index contributed by atoms with van der Waals surface area (Å²) in [7, 11) is 0. The standard InChI is InChI=1S/C65H100O5/c1-3-5-7-9-11-13-15-17-19-21-22-23-24-25-26-27-28-29-30-31-32-33-34-35-36-37-38-39-40-41-42-44-46-48-50-52-54-56-58-60-65(68)70-63(61-66)62-69-64(67)59-57-55-53-51-49-47-45-43-20-18-16-14-12-10-8-6-4-2/h5-8,11-14,17-20,22-23,25-26,28-29,31-32,34-35,37-38,40-41,45,47,63,66H,3-4,9-10,15-16,21,24,27,30,33,36,39,42-44,46,48-62H2,1-2H3/b7-5-,8-6-,13-11-,14-12-,19-17-,20-18-,23-22-,26-25-,29-28-,32-31-,35-34-,38-37-,41-40-,47-45-. The van der Waals surface area contributed by atoms with Gasteiger partial charge in [0.25, 0.3) is 0 Å². The van der Waals surface area contributed by atoms with Crippen molar-refractivity contribution in [2.24, 2.45) is 0 Å². The first-order valence-electron chi connectivity index (χ1n) is 27.7. The highest BCUT2D eigenvalue weighted by atomic mass is 16.6. The van der Waals surface area contributed by atoms with Gasteiger partial charge in [0.05, 0.1) is 6.61 Å². The molecule has 1 N–H and O–H groups in total. The predicted molar refractivity (Wildman–Crippen MR) is 306 cm³/mol. The third-order valence-corrected chi connectivity index (χ3v) is 11.0. The lowest BCUT2D eigenvalue weighted by molar-refractivity contribution is -0.161. The third kappa shape index (κ3) is 55.9. The first-order chi connectivity index (χ1) is 34.6. The summed E-state index contributed by atoms with van der Waals surface area (Å²) in [6.07, 6.45) is 91.7. The molecular formula is C65H100O5. The zero-order chi connectivity index (χ0) is 50.6. The van der Waals surface area contributed by atoms with Crippen molar-refractivity contribution in [1.82, 2.24) is 0 Å². The van der Waals surface area contributed by atoms with Crippen LogP contribution in [0, 0.1) is 0 Å². The molecule has 0 fully saturated rings. The van der Waals surface area contributed by atoms with E-state index in [1.165, 1.54) is 32.1 Å². The van der Waals surface area contributed by atoms with Crippen molar-refractivity contribution >= 4 is 11.9 Å². The van der Waals surface area contributed by atoms with Gasteiger partial charge in [-0.3, -0.25) is 9.59 Å². The molecule has 390 valence electrons. The Bertz CT molecular complexity index is 1600. The number of aliphatic hydroxyl groups excluding tert-OH is 1. The molecule has 0 saturated carbocycles. The predicted octanol–water partition coefficient (Wildman–Crippen LogP) is 19.0.